The average Bonchev–Trinajstić information content (AvgIpc) is 2.53. The van der Waals surface area contributed by atoms with Crippen molar-refractivity contribution in [3.05, 3.63) is 21.5 Å². The van der Waals surface area contributed by atoms with Gasteiger partial charge in [-0.1, -0.05) is 0 Å². The summed E-state index contributed by atoms with van der Waals surface area (Å²) in [6, 6.07) is 1.99. The summed E-state index contributed by atoms with van der Waals surface area (Å²) in [5.74, 6) is -0.0771. The molecule has 0 radical (unpaired) electrons. The molecule has 0 spiro atoms. The van der Waals surface area contributed by atoms with E-state index in [1.807, 2.05) is 19.9 Å². The molecule has 0 bridgehead atoms. The Bertz CT molecular complexity index is 646. The van der Waals surface area contributed by atoms with Gasteiger partial charge in [0.2, 0.25) is 5.91 Å². The second-order valence-electron chi connectivity index (χ2n) is 4.26. The fourth-order valence-corrected chi connectivity index (χ4v) is 2.27. The third-order valence-electron chi connectivity index (χ3n) is 2.33. The highest BCUT2D eigenvalue weighted by Gasteiger charge is 2.10. The molecule has 0 aliphatic carbocycles. The van der Waals surface area contributed by atoms with Gasteiger partial charge in [-0.2, -0.15) is 0 Å². The second kappa shape index (κ2) is 5.19. The van der Waals surface area contributed by atoms with Crippen LogP contribution in [0.15, 0.2) is 16.7 Å². The summed E-state index contributed by atoms with van der Waals surface area (Å²) in [6.07, 6.45) is 1.68. The van der Waals surface area contributed by atoms with Crippen LogP contribution in [0.2, 0.25) is 0 Å². The Labute approximate surface area is 118 Å². The highest BCUT2D eigenvalue weighted by Crippen LogP contribution is 2.16. The van der Waals surface area contributed by atoms with E-state index in [-0.39, 0.29) is 18.5 Å². The quantitative estimate of drug-likeness (QED) is 0.850. The molecule has 5 nitrogen and oxygen atoms in total. The third-order valence-corrected chi connectivity index (χ3v) is 3.08. The molecule has 2 aromatic heterocycles. The number of aromatic amines is 1. The van der Waals surface area contributed by atoms with Gasteiger partial charge in [-0.3, -0.25) is 9.36 Å². The van der Waals surface area contributed by atoms with Crippen LogP contribution in [0.25, 0.3) is 11.2 Å². The van der Waals surface area contributed by atoms with Gasteiger partial charge in [0.15, 0.2) is 10.4 Å². The number of hydrogen-bond acceptors (Lipinski definition) is 3. The molecule has 0 aromatic carbocycles. The van der Waals surface area contributed by atoms with Crippen molar-refractivity contribution in [1.82, 2.24) is 19.9 Å². The van der Waals surface area contributed by atoms with Crippen LogP contribution >= 0.6 is 28.1 Å². The lowest BCUT2D eigenvalue weighted by molar-refractivity contribution is -0.122. The van der Waals surface area contributed by atoms with Crippen molar-refractivity contribution in [2.45, 2.75) is 26.4 Å². The third kappa shape index (κ3) is 2.78. The molecule has 0 unspecified atom stereocenters. The van der Waals surface area contributed by atoms with Crippen LogP contribution in [0.1, 0.15) is 13.8 Å². The molecule has 0 atom stereocenters. The number of pyridine rings is 1. The van der Waals surface area contributed by atoms with E-state index in [0.717, 1.165) is 9.99 Å². The number of amides is 1. The Hall–Kier alpha value is -1.21. The van der Waals surface area contributed by atoms with Gasteiger partial charge in [-0.25, -0.2) is 4.98 Å². The van der Waals surface area contributed by atoms with Crippen molar-refractivity contribution in [2.24, 2.45) is 0 Å². The number of nitrogens with one attached hydrogen (secondary N) is 2. The monoisotopic (exact) mass is 328 g/mol. The summed E-state index contributed by atoms with van der Waals surface area (Å²) < 4.78 is 3.05. The number of nitrogens with zero attached hydrogens (tertiary/aromatic N) is 2. The van der Waals surface area contributed by atoms with Crippen molar-refractivity contribution in [1.29, 1.82) is 0 Å². The number of carbonyl (C=O) groups excluding carboxylic acids is 1. The average molecular weight is 329 g/mol. The first-order valence-electron chi connectivity index (χ1n) is 5.51. The summed E-state index contributed by atoms with van der Waals surface area (Å²) in [5.41, 5.74) is 1.49. The molecular formula is C11H13BrN4OS. The van der Waals surface area contributed by atoms with Crippen LogP contribution in [0.4, 0.5) is 0 Å². The zero-order valence-electron chi connectivity index (χ0n) is 10.0. The molecule has 0 aliphatic rings. The van der Waals surface area contributed by atoms with Gasteiger partial charge in [-0.05, 0) is 48.1 Å². The number of imidazole rings is 1. The van der Waals surface area contributed by atoms with Crippen molar-refractivity contribution >= 4 is 45.2 Å². The van der Waals surface area contributed by atoms with Crippen LogP contribution in [0, 0.1) is 4.77 Å². The number of halogens is 1. The molecule has 0 fully saturated rings. The van der Waals surface area contributed by atoms with Gasteiger partial charge >= 0.3 is 0 Å². The van der Waals surface area contributed by atoms with Crippen molar-refractivity contribution < 1.29 is 4.79 Å². The first kappa shape index (κ1) is 13.2. The maximum atomic E-state index is 11.8. The van der Waals surface area contributed by atoms with Gasteiger partial charge < -0.3 is 10.3 Å². The molecule has 2 aromatic rings. The zero-order valence-corrected chi connectivity index (χ0v) is 12.4. The maximum absolute atomic E-state index is 11.8. The maximum Gasteiger partial charge on any atom is 0.240 e. The highest BCUT2D eigenvalue weighted by atomic mass is 79.9. The molecule has 0 aliphatic heterocycles. The fraction of sp³-hybridized carbons (Fsp3) is 0.364. The molecule has 2 heterocycles. The number of carbonyl (C=O) groups is 1. The lowest BCUT2D eigenvalue weighted by atomic mass is 10.4. The van der Waals surface area contributed by atoms with Crippen molar-refractivity contribution in [3.63, 3.8) is 0 Å². The summed E-state index contributed by atoms with van der Waals surface area (Å²) in [5, 5.41) is 2.83. The van der Waals surface area contributed by atoms with Crippen molar-refractivity contribution in [3.8, 4) is 0 Å². The molecular weight excluding hydrogens is 316 g/mol. The van der Waals surface area contributed by atoms with E-state index in [4.69, 9.17) is 12.2 Å². The first-order valence-corrected chi connectivity index (χ1v) is 6.71. The Balaban J connectivity index is 2.36. The van der Waals surface area contributed by atoms with Crippen LogP contribution in [-0.2, 0) is 11.3 Å². The van der Waals surface area contributed by atoms with Gasteiger partial charge in [0.25, 0.3) is 0 Å². The molecule has 2 rings (SSSR count). The summed E-state index contributed by atoms with van der Waals surface area (Å²) in [6.45, 7) is 4.01. The van der Waals surface area contributed by atoms with Crippen LogP contribution in [-0.4, -0.2) is 26.5 Å². The first-order chi connectivity index (χ1) is 8.47. The smallest absolute Gasteiger partial charge is 0.240 e. The number of aromatic nitrogens is 3. The lowest BCUT2D eigenvalue weighted by Crippen LogP contribution is -2.33. The van der Waals surface area contributed by atoms with Crippen LogP contribution in [0.5, 0.6) is 0 Å². The minimum Gasteiger partial charge on any atom is -0.352 e. The zero-order chi connectivity index (χ0) is 13.3. The molecule has 7 heteroatoms. The van der Waals surface area contributed by atoms with Gasteiger partial charge in [0.05, 0.1) is 5.52 Å². The fourth-order valence-electron chi connectivity index (χ4n) is 1.68. The van der Waals surface area contributed by atoms with E-state index >= 15 is 0 Å². The largest absolute Gasteiger partial charge is 0.352 e. The lowest BCUT2D eigenvalue weighted by Gasteiger charge is -2.08. The number of rotatable bonds is 3. The van der Waals surface area contributed by atoms with Gasteiger partial charge in [0.1, 0.15) is 6.54 Å². The Morgan fingerprint density at radius 1 is 1.67 bits per heavy atom. The van der Waals surface area contributed by atoms with E-state index in [9.17, 15) is 4.79 Å². The molecule has 0 saturated carbocycles. The summed E-state index contributed by atoms with van der Waals surface area (Å²) in [7, 11) is 0. The highest BCUT2D eigenvalue weighted by molar-refractivity contribution is 9.10. The van der Waals surface area contributed by atoms with Gasteiger partial charge in [-0.15, -0.1) is 0 Å². The predicted molar refractivity (Wildman–Crippen MR) is 75.9 cm³/mol. The van der Waals surface area contributed by atoms with E-state index in [1.165, 1.54) is 0 Å². The Morgan fingerprint density at radius 3 is 3.06 bits per heavy atom. The van der Waals surface area contributed by atoms with Gasteiger partial charge in [0, 0.05) is 16.7 Å². The topological polar surface area (TPSA) is 62.7 Å². The summed E-state index contributed by atoms with van der Waals surface area (Å²) in [4.78, 5) is 19.1. The Morgan fingerprint density at radius 2 is 2.39 bits per heavy atom. The van der Waals surface area contributed by atoms with E-state index in [1.54, 1.807) is 10.8 Å². The number of fused-ring (bicyclic) bond motifs is 1. The van der Waals surface area contributed by atoms with E-state index < -0.39 is 0 Å². The van der Waals surface area contributed by atoms with E-state index in [2.05, 4.69) is 31.2 Å². The molecule has 18 heavy (non-hydrogen) atoms. The minimum atomic E-state index is -0.0771. The number of hydrogen-bond donors (Lipinski definition) is 2. The van der Waals surface area contributed by atoms with Crippen molar-refractivity contribution in [2.75, 3.05) is 0 Å². The SMILES string of the molecule is CC(C)NC(=O)Cn1c(=S)[nH]c2cc(Br)cnc21. The van der Waals surface area contributed by atoms with Crippen LogP contribution in [0.3, 0.4) is 0 Å². The normalized spacial score (nSPS) is 11.1. The van der Waals surface area contributed by atoms with Crippen LogP contribution < -0.4 is 5.32 Å². The molecule has 0 saturated heterocycles. The second-order valence-corrected chi connectivity index (χ2v) is 5.57. The molecule has 96 valence electrons. The standard InChI is InChI=1S/C11H13BrN4OS/c1-6(2)14-9(17)5-16-10-8(15-11(16)18)3-7(12)4-13-10/h3-4,6H,5H2,1-2H3,(H,14,17)(H,15,18). The molecule has 1 amide bonds. The van der Waals surface area contributed by atoms with E-state index in [0.29, 0.717) is 10.4 Å². The Kier molecular flexibility index (Phi) is 3.82. The molecule has 2 N–H and O–H groups in total. The summed E-state index contributed by atoms with van der Waals surface area (Å²) >= 11 is 8.55. The predicted octanol–water partition coefficient (Wildman–Crippen LogP) is 2.38. The minimum absolute atomic E-state index is 0.0771. The number of H-pyrrole nitrogens is 1.